The summed E-state index contributed by atoms with van der Waals surface area (Å²) in [6.07, 6.45) is 4.00. The predicted octanol–water partition coefficient (Wildman–Crippen LogP) is 5.30. The molecule has 0 saturated heterocycles. The van der Waals surface area contributed by atoms with Crippen molar-refractivity contribution in [2.75, 3.05) is 0 Å². The predicted molar refractivity (Wildman–Crippen MR) is 117 cm³/mol. The standard InChI is InChI=1S/C24H22N2O3S/c1-15(16-6-3-2-4-7-16)10-22-25-26-24(29-22)30-14-19-13-23(27)28-21-12-18-9-5-8-17(18)11-20(19)21/h2-4,6-7,11-13,15H,5,8-10,14H2,1H3. The summed E-state index contributed by atoms with van der Waals surface area (Å²) in [6, 6.07) is 16.1. The zero-order valence-electron chi connectivity index (χ0n) is 16.8. The first-order chi connectivity index (χ1) is 14.7. The van der Waals surface area contributed by atoms with E-state index in [0.717, 1.165) is 30.2 Å². The minimum atomic E-state index is -0.320. The van der Waals surface area contributed by atoms with Gasteiger partial charge < -0.3 is 8.83 Å². The van der Waals surface area contributed by atoms with Gasteiger partial charge >= 0.3 is 5.63 Å². The first-order valence-corrected chi connectivity index (χ1v) is 11.2. The van der Waals surface area contributed by atoms with Crippen LogP contribution in [0.3, 0.4) is 0 Å². The van der Waals surface area contributed by atoms with Gasteiger partial charge in [-0.3, -0.25) is 0 Å². The molecule has 1 aliphatic carbocycles. The van der Waals surface area contributed by atoms with Crippen molar-refractivity contribution in [2.24, 2.45) is 0 Å². The van der Waals surface area contributed by atoms with E-state index in [1.165, 1.54) is 28.5 Å². The van der Waals surface area contributed by atoms with E-state index in [1.54, 1.807) is 6.07 Å². The second-order valence-electron chi connectivity index (χ2n) is 7.83. The van der Waals surface area contributed by atoms with E-state index in [9.17, 15) is 4.79 Å². The van der Waals surface area contributed by atoms with Crippen molar-refractivity contribution in [3.8, 4) is 0 Å². The lowest BCUT2D eigenvalue weighted by Gasteiger charge is -2.08. The average molecular weight is 419 g/mol. The molecule has 0 radical (unpaired) electrons. The fourth-order valence-corrected chi connectivity index (χ4v) is 4.87. The minimum Gasteiger partial charge on any atom is -0.423 e. The Labute approximate surface area is 178 Å². The highest BCUT2D eigenvalue weighted by molar-refractivity contribution is 7.98. The summed E-state index contributed by atoms with van der Waals surface area (Å²) in [4.78, 5) is 12.0. The van der Waals surface area contributed by atoms with Crippen LogP contribution in [-0.4, -0.2) is 10.2 Å². The summed E-state index contributed by atoms with van der Waals surface area (Å²) in [5, 5.41) is 9.91. The van der Waals surface area contributed by atoms with Crippen molar-refractivity contribution in [1.29, 1.82) is 0 Å². The molecule has 1 aliphatic rings. The fourth-order valence-electron chi connectivity index (χ4n) is 4.09. The molecule has 5 rings (SSSR count). The molecule has 0 bridgehead atoms. The van der Waals surface area contributed by atoms with Crippen LogP contribution in [0.25, 0.3) is 11.0 Å². The Morgan fingerprint density at radius 3 is 2.67 bits per heavy atom. The van der Waals surface area contributed by atoms with Gasteiger partial charge in [-0.25, -0.2) is 4.79 Å². The van der Waals surface area contributed by atoms with Crippen molar-refractivity contribution >= 4 is 22.7 Å². The molecule has 0 fully saturated rings. The van der Waals surface area contributed by atoms with E-state index < -0.39 is 0 Å². The molecule has 30 heavy (non-hydrogen) atoms. The van der Waals surface area contributed by atoms with Crippen LogP contribution in [0.5, 0.6) is 0 Å². The van der Waals surface area contributed by atoms with E-state index in [2.05, 4.69) is 35.3 Å². The molecule has 152 valence electrons. The molecular weight excluding hydrogens is 396 g/mol. The largest absolute Gasteiger partial charge is 0.423 e. The number of benzene rings is 2. The third-order valence-corrected chi connectivity index (χ3v) is 6.56. The Morgan fingerprint density at radius 1 is 1.03 bits per heavy atom. The quantitative estimate of drug-likeness (QED) is 0.312. The van der Waals surface area contributed by atoms with Crippen molar-refractivity contribution in [2.45, 2.75) is 49.5 Å². The van der Waals surface area contributed by atoms with Gasteiger partial charge in [0.25, 0.3) is 5.22 Å². The average Bonchev–Trinajstić information content (AvgIpc) is 3.40. The maximum atomic E-state index is 12.0. The first-order valence-electron chi connectivity index (χ1n) is 10.2. The van der Waals surface area contributed by atoms with Crippen LogP contribution in [0.1, 0.15) is 47.4 Å². The van der Waals surface area contributed by atoms with Crippen LogP contribution in [0.2, 0.25) is 0 Å². The van der Waals surface area contributed by atoms with Gasteiger partial charge in [0.2, 0.25) is 5.89 Å². The third-order valence-electron chi connectivity index (χ3n) is 5.69. The van der Waals surface area contributed by atoms with Gasteiger partial charge in [-0.1, -0.05) is 49.0 Å². The Kier molecular flexibility index (Phi) is 5.17. The molecule has 4 aromatic rings. The number of fused-ring (bicyclic) bond motifs is 2. The molecule has 5 nitrogen and oxygen atoms in total. The lowest BCUT2D eigenvalue weighted by molar-refractivity contribution is 0.404. The van der Waals surface area contributed by atoms with Crippen molar-refractivity contribution in [3.63, 3.8) is 0 Å². The highest BCUT2D eigenvalue weighted by atomic mass is 32.2. The van der Waals surface area contributed by atoms with Crippen molar-refractivity contribution in [3.05, 3.63) is 87.1 Å². The Morgan fingerprint density at radius 2 is 1.83 bits per heavy atom. The van der Waals surface area contributed by atoms with E-state index in [-0.39, 0.29) is 5.63 Å². The highest BCUT2D eigenvalue weighted by Crippen LogP contribution is 2.31. The van der Waals surface area contributed by atoms with Crippen LogP contribution in [0.15, 0.2) is 67.4 Å². The summed E-state index contributed by atoms with van der Waals surface area (Å²) in [7, 11) is 0. The topological polar surface area (TPSA) is 69.1 Å². The number of nitrogens with zero attached hydrogens (tertiary/aromatic N) is 2. The number of aryl methyl sites for hydroxylation is 2. The number of hydrogen-bond donors (Lipinski definition) is 0. The summed E-state index contributed by atoms with van der Waals surface area (Å²) in [5.41, 5.74) is 5.20. The van der Waals surface area contributed by atoms with Crippen LogP contribution >= 0.6 is 11.8 Å². The molecule has 0 saturated carbocycles. The lowest BCUT2D eigenvalue weighted by atomic mass is 9.98. The van der Waals surface area contributed by atoms with Gasteiger partial charge in [-0.05, 0) is 59.6 Å². The SMILES string of the molecule is CC(Cc1nnc(SCc2cc(=O)oc3cc4c(cc23)CCC4)o1)c1ccccc1. The second kappa shape index (κ2) is 8.11. The molecule has 1 atom stereocenters. The van der Waals surface area contributed by atoms with E-state index in [1.807, 2.05) is 24.3 Å². The van der Waals surface area contributed by atoms with Gasteiger partial charge in [0, 0.05) is 23.6 Å². The molecule has 2 aromatic heterocycles. The zero-order valence-corrected chi connectivity index (χ0v) is 17.6. The number of rotatable bonds is 6. The number of thioether (sulfide) groups is 1. The number of hydrogen-bond acceptors (Lipinski definition) is 6. The highest BCUT2D eigenvalue weighted by Gasteiger charge is 2.17. The van der Waals surface area contributed by atoms with E-state index >= 15 is 0 Å². The van der Waals surface area contributed by atoms with Gasteiger partial charge in [-0.2, -0.15) is 0 Å². The van der Waals surface area contributed by atoms with Gasteiger partial charge in [0.15, 0.2) is 0 Å². The summed E-state index contributed by atoms with van der Waals surface area (Å²) < 4.78 is 11.3. The van der Waals surface area contributed by atoms with E-state index in [0.29, 0.717) is 34.8 Å². The van der Waals surface area contributed by atoms with Gasteiger partial charge in [0.05, 0.1) is 0 Å². The van der Waals surface area contributed by atoms with E-state index in [4.69, 9.17) is 8.83 Å². The summed E-state index contributed by atoms with van der Waals surface area (Å²) >= 11 is 1.45. The maximum Gasteiger partial charge on any atom is 0.336 e. The molecular formula is C24H22N2O3S. The monoisotopic (exact) mass is 418 g/mol. The minimum absolute atomic E-state index is 0.300. The normalized spacial score (nSPS) is 14.2. The molecule has 0 N–H and O–H groups in total. The fraction of sp³-hybridized carbons (Fsp3) is 0.292. The Hall–Kier alpha value is -2.86. The van der Waals surface area contributed by atoms with Gasteiger partial charge in [0.1, 0.15) is 5.58 Å². The molecule has 6 heteroatoms. The molecule has 1 unspecified atom stereocenters. The molecule has 0 spiro atoms. The van der Waals surface area contributed by atoms with Crippen LogP contribution < -0.4 is 5.63 Å². The molecule has 0 aliphatic heterocycles. The van der Waals surface area contributed by atoms with Crippen molar-refractivity contribution in [1.82, 2.24) is 10.2 Å². The first kappa shape index (κ1) is 19.1. The second-order valence-corrected chi connectivity index (χ2v) is 8.75. The molecule has 0 amide bonds. The maximum absolute atomic E-state index is 12.0. The van der Waals surface area contributed by atoms with Crippen LogP contribution in [0.4, 0.5) is 0 Å². The van der Waals surface area contributed by atoms with Crippen molar-refractivity contribution < 1.29 is 8.83 Å². The summed E-state index contributed by atoms with van der Waals surface area (Å²) in [5.74, 6) is 1.51. The number of aromatic nitrogens is 2. The Balaban J connectivity index is 1.32. The smallest absolute Gasteiger partial charge is 0.336 e. The molecule has 2 aromatic carbocycles. The Bertz CT molecular complexity index is 1250. The zero-order chi connectivity index (χ0) is 20.5. The third kappa shape index (κ3) is 3.92. The summed E-state index contributed by atoms with van der Waals surface area (Å²) in [6.45, 7) is 2.15. The van der Waals surface area contributed by atoms with Crippen LogP contribution in [-0.2, 0) is 25.0 Å². The molecule has 2 heterocycles. The van der Waals surface area contributed by atoms with Gasteiger partial charge in [-0.15, -0.1) is 10.2 Å². The van der Waals surface area contributed by atoms with Crippen LogP contribution in [0, 0.1) is 0 Å². The lowest BCUT2D eigenvalue weighted by Crippen LogP contribution is -2.01.